The van der Waals surface area contributed by atoms with Crippen molar-refractivity contribution in [3.63, 3.8) is 0 Å². The lowest BCUT2D eigenvalue weighted by molar-refractivity contribution is -0.265. The molecule has 1 aromatic heterocycles. The van der Waals surface area contributed by atoms with Crippen molar-refractivity contribution in [1.29, 1.82) is 0 Å². The lowest BCUT2D eigenvalue weighted by atomic mass is 9.38. The number of Topliss-reactive ketones (excluding diaryl/α,β-unsaturated/α-hetero) is 1. The Labute approximate surface area is 250 Å². The molecule has 236 valence electrons. The van der Waals surface area contributed by atoms with Crippen molar-refractivity contribution in [3.8, 4) is 0 Å². The van der Waals surface area contributed by atoms with Gasteiger partial charge >= 0.3 is 17.9 Å². The number of cyclic esters (lactones) is 1. The summed E-state index contributed by atoms with van der Waals surface area (Å²) in [7, 11) is 1.12. The van der Waals surface area contributed by atoms with E-state index in [-0.39, 0.29) is 12.0 Å². The molecule has 3 fully saturated rings. The number of carbonyl (C=O) groups is 4. The number of ether oxygens (including phenoxy) is 3. The summed E-state index contributed by atoms with van der Waals surface area (Å²) >= 11 is 0. The van der Waals surface area contributed by atoms with Crippen molar-refractivity contribution in [2.45, 2.75) is 97.2 Å². The molecular formula is C32H42O11. The fourth-order valence-corrected chi connectivity index (χ4v) is 8.88. The standard InChI is InChI=1S/C32H42O11/c1-8-15(2)25(36)43-28-29(3,4)22(21(34)26(37)40-7)31(6)17-9-11-30(5)18(20(17)23(35)32(28,39)27(31)38)13-19(33)42-24(30)16-10-12-41-14-16/h10,12,14-15,17,21-24,28,34-35,39H,8-9,11,13H2,1-7H3. The molecule has 43 heavy (non-hydrogen) atoms. The molecule has 2 saturated carbocycles. The van der Waals surface area contributed by atoms with Gasteiger partial charge in [0.15, 0.2) is 17.5 Å². The van der Waals surface area contributed by atoms with Crippen LogP contribution in [0.5, 0.6) is 0 Å². The Hall–Kier alpha value is -3.02. The van der Waals surface area contributed by atoms with E-state index in [0.717, 1.165) is 7.11 Å². The van der Waals surface area contributed by atoms with Gasteiger partial charge in [-0.2, -0.15) is 0 Å². The zero-order chi connectivity index (χ0) is 31.9. The first-order valence-electron chi connectivity index (χ1n) is 14.9. The third-order valence-electron chi connectivity index (χ3n) is 11.2. The van der Waals surface area contributed by atoms with Crippen LogP contribution in [-0.4, -0.2) is 70.0 Å². The van der Waals surface area contributed by atoms with Crippen LogP contribution in [0.3, 0.4) is 0 Å². The second-order valence-corrected chi connectivity index (χ2v) is 13.8. The van der Waals surface area contributed by atoms with E-state index in [1.165, 1.54) is 12.5 Å². The topological polar surface area (TPSA) is 170 Å². The van der Waals surface area contributed by atoms with Gasteiger partial charge in [-0.05, 0) is 42.4 Å². The van der Waals surface area contributed by atoms with E-state index in [4.69, 9.17) is 18.6 Å². The van der Waals surface area contributed by atoms with Crippen LogP contribution in [0, 0.1) is 34.0 Å². The van der Waals surface area contributed by atoms with Gasteiger partial charge in [-0.25, -0.2) is 4.79 Å². The van der Waals surface area contributed by atoms with Crippen LogP contribution in [-0.2, 0) is 33.4 Å². The van der Waals surface area contributed by atoms with Gasteiger partial charge in [-0.1, -0.05) is 41.5 Å². The molecule has 0 amide bonds. The second-order valence-electron chi connectivity index (χ2n) is 13.8. The van der Waals surface area contributed by atoms with Crippen molar-refractivity contribution in [2.75, 3.05) is 7.11 Å². The molecule has 1 aromatic rings. The van der Waals surface area contributed by atoms with E-state index in [1.54, 1.807) is 40.7 Å². The fraction of sp³-hybridized carbons (Fsp3) is 0.688. The first-order chi connectivity index (χ1) is 20.0. The molecule has 1 aliphatic heterocycles. The Morgan fingerprint density at radius 2 is 1.84 bits per heavy atom. The number of aliphatic hydroxyl groups is 3. The minimum atomic E-state index is -2.64. The number of esters is 3. The summed E-state index contributed by atoms with van der Waals surface area (Å²) in [4.78, 5) is 53.8. The quantitative estimate of drug-likeness (QED) is 0.249. The Morgan fingerprint density at radius 1 is 1.16 bits per heavy atom. The summed E-state index contributed by atoms with van der Waals surface area (Å²) < 4.78 is 21.9. The summed E-state index contributed by atoms with van der Waals surface area (Å²) in [5, 5.41) is 36.2. The van der Waals surface area contributed by atoms with E-state index in [1.807, 2.05) is 6.92 Å². The number of carbonyl (C=O) groups excluding carboxylic acids is 4. The van der Waals surface area contributed by atoms with Crippen molar-refractivity contribution < 1.29 is 53.1 Å². The highest BCUT2D eigenvalue weighted by molar-refractivity contribution is 5.99. The zero-order valence-electron chi connectivity index (χ0n) is 25.7. The van der Waals surface area contributed by atoms with Crippen LogP contribution in [0.2, 0.25) is 0 Å². The van der Waals surface area contributed by atoms with Crippen LogP contribution in [0.1, 0.15) is 78.9 Å². The highest BCUT2D eigenvalue weighted by Crippen LogP contribution is 2.69. The Bertz CT molecular complexity index is 1360. The van der Waals surface area contributed by atoms with E-state index >= 15 is 0 Å². The van der Waals surface area contributed by atoms with Crippen molar-refractivity contribution in [1.82, 2.24) is 0 Å². The maximum Gasteiger partial charge on any atom is 0.335 e. The van der Waals surface area contributed by atoms with E-state index < -0.39 is 87.7 Å². The third-order valence-corrected chi connectivity index (χ3v) is 11.2. The largest absolute Gasteiger partial charge is 0.472 e. The van der Waals surface area contributed by atoms with Gasteiger partial charge in [-0.3, -0.25) is 14.4 Å². The maximum atomic E-state index is 14.6. The highest BCUT2D eigenvalue weighted by atomic mass is 16.6. The molecule has 3 aliphatic carbocycles. The predicted molar refractivity (Wildman–Crippen MR) is 149 cm³/mol. The Morgan fingerprint density at radius 3 is 2.42 bits per heavy atom. The van der Waals surface area contributed by atoms with Gasteiger partial charge in [-0.15, -0.1) is 0 Å². The lowest BCUT2D eigenvalue weighted by Gasteiger charge is -2.67. The van der Waals surface area contributed by atoms with Gasteiger partial charge < -0.3 is 33.9 Å². The van der Waals surface area contributed by atoms with Crippen LogP contribution in [0.25, 0.3) is 0 Å². The molecule has 3 N–H and O–H groups in total. The minimum absolute atomic E-state index is 0.195. The number of hydrogen-bond acceptors (Lipinski definition) is 11. The van der Waals surface area contributed by atoms with Gasteiger partial charge in [0.25, 0.3) is 0 Å². The number of hydrogen-bond donors (Lipinski definition) is 3. The third kappa shape index (κ3) is 4.10. The van der Waals surface area contributed by atoms with Crippen molar-refractivity contribution in [3.05, 3.63) is 35.3 Å². The first kappa shape index (κ1) is 31.4. The number of ketones is 1. The molecular weight excluding hydrogens is 560 g/mol. The SMILES string of the molecule is CCC(C)C(=O)OC1C(C)(C)C(C(O)C(=O)OC)C2(C)C(=O)C1(O)C(O)C1=C3CC(=O)OC(c4ccoc4)C3(C)CCC12. The number of furan rings is 1. The monoisotopic (exact) mass is 602 g/mol. The van der Waals surface area contributed by atoms with Crippen LogP contribution in [0.4, 0.5) is 0 Å². The van der Waals surface area contributed by atoms with E-state index in [9.17, 15) is 34.5 Å². The predicted octanol–water partition coefficient (Wildman–Crippen LogP) is 2.81. The molecule has 2 bridgehead atoms. The van der Waals surface area contributed by atoms with Gasteiger partial charge in [0.1, 0.15) is 18.3 Å². The van der Waals surface area contributed by atoms with E-state index in [2.05, 4.69) is 0 Å². The van der Waals surface area contributed by atoms with E-state index in [0.29, 0.717) is 30.4 Å². The summed E-state index contributed by atoms with van der Waals surface area (Å²) in [6.07, 6.45) is -2.14. The summed E-state index contributed by atoms with van der Waals surface area (Å²) in [6, 6.07) is 1.70. The number of methoxy groups -OCH3 is 1. The summed E-state index contributed by atoms with van der Waals surface area (Å²) in [5.74, 6) is -5.61. The van der Waals surface area contributed by atoms with Crippen LogP contribution >= 0.6 is 0 Å². The van der Waals surface area contributed by atoms with Gasteiger partial charge in [0.05, 0.1) is 32.0 Å². The highest BCUT2D eigenvalue weighted by Gasteiger charge is 2.78. The lowest BCUT2D eigenvalue weighted by Crippen LogP contribution is -2.80. The van der Waals surface area contributed by atoms with Gasteiger partial charge in [0, 0.05) is 27.7 Å². The average molecular weight is 603 g/mol. The fourth-order valence-electron chi connectivity index (χ4n) is 8.88. The number of fused-ring (bicyclic) bond motifs is 5. The molecule has 11 heteroatoms. The Balaban J connectivity index is 1.78. The molecule has 11 nitrogen and oxygen atoms in total. The molecule has 0 radical (unpaired) electrons. The molecule has 0 spiro atoms. The zero-order valence-corrected chi connectivity index (χ0v) is 25.7. The normalized spacial score (nSPS) is 39.6. The van der Waals surface area contributed by atoms with Crippen molar-refractivity contribution in [2.24, 2.45) is 34.0 Å². The van der Waals surface area contributed by atoms with Crippen LogP contribution in [0.15, 0.2) is 34.2 Å². The molecule has 5 rings (SSSR count). The first-order valence-corrected chi connectivity index (χ1v) is 14.9. The van der Waals surface area contributed by atoms with Gasteiger partial charge in [0.2, 0.25) is 0 Å². The molecule has 1 saturated heterocycles. The van der Waals surface area contributed by atoms with Crippen molar-refractivity contribution >= 4 is 23.7 Å². The smallest absolute Gasteiger partial charge is 0.335 e. The molecule has 4 aliphatic rings. The molecule has 2 heterocycles. The Kier molecular flexibility index (Phi) is 7.50. The molecule has 10 atom stereocenters. The summed E-state index contributed by atoms with van der Waals surface area (Å²) in [6.45, 7) is 10.1. The molecule has 0 aromatic carbocycles. The number of aliphatic hydroxyl groups excluding tert-OH is 2. The minimum Gasteiger partial charge on any atom is -0.472 e. The average Bonchev–Trinajstić information content (AvgIpc) is 3.50. The molecule has 10 unspecified atom stereocenters. The van der Waals surface area contributed by atoms with Crippen LogP contribution < -0.4 is 0 Å². The maximum absolute atomic E-state index is 14.6. The summed E-state index contributed by atoms with van der Waals surface area (Å²) in [5.41, 5.74) is -5.08. The second kappa shape index (κ2) is 10.3. The number of rotatable bonds is 6.